The molecule has 0 rings (SSSR count). The summed E-state index contributed by atoms with van der Waals surface area (Å²) in [7, 11) is 7.78. The molecular weight excluding hydrogens is 324 g/mol. The summed E-state index contributed by atoms with van der Waals surface area (Å²) in [6.45, 7) is 12.4. The summed E-state index contributed by atoms with van der Waals surface area (Å²) in [6, 6.07) is 0. The van der Waals surface area contributed by atoms with E-state index < -0.39 is 0 Å². The van der Waals surface area contributed by atoms with E-state index in [2.05, 4.69) is 13.2 Å². The summed E-state index contributed by atoms with van der Waals surface area (Å²) >= 11 is 0. The van der Waals surface area contributed by atoms with Crippen LogP contribution in [0.4, 0.5) is 0 Å². The lowest BCUT2D eigenvalue weighted by Crippen LogP contribution is -2.54. The van der Waals surface area contributed by atoms with Crippen LogP contribution in [-0.4, -0.2) is 75.7 Å². The van der Waals surface area contributed by atoms with Crippen LogP contribution in [0.5, 0.6) is 0 Å². The molecule has 0 fully saturated rings. The zero-order valence-corrected chi connectivity index (χ0v) is 16.6. The molecular formula is C18H34N2O5+2. The topological polar surface area (TPSA) is 61.8 Å². The largest absolute Gasteiger partial charge is 0.462 e. The van der Waals surface area contributed by atoms with Crippen molar-refractivity contribution >= 4 is 11.9 Å². The van der Waals surface area contributed by atoms with Crippen molar-refractivity contribution in [1.82, 2.24) is 0 Å². The van der Waals surface area contributed by atoms with Crippen molar-refractivity contribution in [3.8, 4) is 0 Å². The molecule has 0 spiro atoms. The van der Waals surface area contributed by atoms with Gasteiger partial charge in [0.2, 0.25) is 0 Å². The number of hydroxylamine groups is 6. The Morgan fingerprint density at radius 1 is 0.760 bits per heavy atom. The van der Waals surface area contributed by atoms with Crippen LogP contribution in [0.3, 0.4) is 0 Å². The SMILES string of the molecule is C=C(C)C(=O)OCCC[N+](C)(C)O[N+](C)(C)CCCOC(=O)C(=C)C. The van der Waals surface area contributed by atoms with E-state index >= 15 is 0 Å². The second-order valence-electron chi connectivity index (χ2n) is 7.22. The molecule has 0 bridgehead atoms. The standard InChI is InChI=1S/C18H34N2O5/c1-15(2)17(21)23-13-9-11-19(5,6)25-20(7,8)12-10-14-24-18(22)16(3)4/h1,3,9-14H2,2,4-8H3/q+2. The van der Waals surface area contributed by atoms with E-state index in [0.717, 1.165) is 0 Å². The maximum absolute atomic E-state index is 11.3. The van der Waals surface area contributed by atoms with E-state index in [-0.39, 0.29) is 11.9 Å². The van der Waals surface area contributed by atoms with E-state index in [4.69, 9.17) is 14.4 Å². The molecule has 0 unspecified atom stereocenters. The fraction of sp³-hybridized carbons (Fsp3) is 0.667. The molecule has 7 nitrogen and oxygen atoms in total. The van der Waals surface area contributed by atoms with Crippen LogP contribution in [0.1, 0.15) is 26.7 Å². The summed E-state index contributed by atoms with van der Waals surface area (Å²) in [5.74, 6) is -0.738. The second kappa shape index (κ2) is 10.3. The monoisotopic (exact) mass is 358 g/mol. The molecule has 0 aromatic heterocycles. The Bertz CT molecular complexity index is 454. The van der Waals surface area contributed by atoms with Crippen LogP contribution >= 0.6 is 0 Å². The van der Waals surface area contributed by atoms with Gasteiger partial charge in [0.15, 0.2) is 0 Å². The van der Waals surface area contributed by atoms with Crippen molar-refractivity contribution in [3.05, 3.63) is 24.3 Å². The third-order valence-corrected chi connectivity index (χ3v) is 3.29. The Kier molecular flexibility index (Phi) is 9.62. The van der Waals surface area contributed by atoms with Crippen LogP contribution in [0.25, 0.3) is 0 Å². The minimum atomic E-state index is -0.369. The van der Waals surface area contributed by atoms with Gasteiger partial charge in [0.25, 0.3) is 0 Å². The molecule has 0 N–H and O–H groups in total. The van der Waals surface area contributed by atoms with Crippen LogP contribution in [-0.2, 0) is 24.0 Å². The van der Waals surface area contributed by atoms with Crippen molar-refractivity contribution < 1.29 is 33.3 Å². The van der Waals surface area contributed by atoms with Crippen molar-refractivity contribution in [3.63, 3.8) is 0 Å². The number of hydrogen-bond donors (Lipinski definition) is 0. The van der Waals surface area contributed by atoms with Gasteiger partial charge in [-0.3, -0.25) is 0 Å². The summed E-state index contributed by atoms with van der Waals surface area (Å²) in [6.07, 6.45) is 1.37. The first-order valence-corrected chi connectivity index (χ1v) is 8.39. The molecule has 0 aliphatic rings. The van der Waals surface area contributed by atoms with Gasteiger partial charge in [-0.1, -0.05) is 13.2 Å². The molecule has 0 aliphatic heterocycles. The number of esters is 2. The molecule has 0 amide bonds. The number of quaternary nitrogens is 2. The van der Waals surface area contributed by atoms with Crippen molar-refractivity contribution in [2.24, 2.45) is 0 Å². The molecule has 0 radical (unpaired) electrons. The first kappa shape index (κ1) is 23.3. The highest BCUT2D eigenvalue weighted by Crippen LogP contribution is 2.11. The number of carbonyl (C=O) groups excluding carboxylic acids is 2. The average Bonchev–Trinajstić information content (AvgIpc) is 2.46. The molecule has 144 valence electrons. The molecule has 7 heteroatoms. The maximum atomic E-state index is 11.3. The predicted octanol–water partition coefficient (Wildman–Crippen LogP) is 2.00. The van der Waals surface area contributed by atoms with Gasteiger partial charge in [0, 0.05) is 24.0 Å². The van der Waals surface area contributed by atoms with Crippen LogP contribution in [0.15, 0.2) is 24.3 Å². The minimum absolute atomic E-state index is 0.323. The third kappa shape index (κ3) is 11.5. The van der Waals surface area contributed by atoms with E-state index in [1.54, 1.807) is 13.8 Å². The number of hydrogen-bond acceptors (Lipinski definition) is 5. The average molecular weight is 358 g/mol. The second-order valence-corrected chi connectivity index (χ2v) is 7.22. The first-order valence-electron chi connectivity index (χ1n) is 8.39. The molecule has 0 saturated heterocycles. The predicted molar refractivity (Wildman–Crippen MR) is 95.8 cm³/mol. The molecule has 0 heterocycles. The Balaban J connectivity index is 4.14. The summed E-state index contributed by atoms with van der Waals surface area (Å²) < 4.78 is 10.8. The van der Waals surface area contributed by atoms with Gasteiger partial charge in [-0.25, -0.2) is 9.59 Å². The fourth-order valence-electron chi connectivity index (χ4n) is 2.15. The van der Waals surface area contributed by atoms with Gasteiger partial charge in [-0.05, 0) is 18.8 Å². The summed E-state index contributed by atoms with van der Waals surface area (Å²) in [5, 5.41) is 0. The molecule has 25 heavy (non-hydrogen) atoms. The Hall–Kier alpha value is -1.70. The zero-order valence-electron chi connectivity index (χ0n) is 16.6. The molecule has 0 aromatic rings. The molecule has 0 atom stereocenters. The number of nitrogens with zero attached hydrogens (tertiary/aromatic N) is 2. The quantitative estimate of drug-likeness (QED) is 0.176. The molecule has 0 saturated carbocycles. The van der Waals surface area contributed by atoms with Gasteiger partial charge in [-0.2, -0.15) is 0 Å². The van der Waals surface area contributed by atoms with Crippen molar-refractivity contribution in [2.75, 3.05) is 54.5 Å². The lowest BCUT2D eigenvalue weighted by Gasteiger charge is -2.34. The lowest BCUT2D eigenvalue weighted by molar-refractivity contribution is -1.32. The van der Waals surface area contributed by atoms with E-state index in [0.29, 0.717) is 59.6 Å². The smallest absolute Gasteiger partial charge is 0.333 e. The van der Waals surface area contributed by atoms with Gasteiger partial charge < -0.3 is 9.47 Å². The maximum Gasteiger partial charge on any atom is 0.333 e. The van der Waals surface area contributed by atoms with Crippen molar-refractivity contribution in [1.29, 1.82) is 0 Å². The minimum Gasteiger partial charge on any atom is -0.462 e. The molecule has 0 aliphatic carbocycles. The zero-order chi connectivity index (χ0) is 19.7. The summed E-state index contributed by atoms with van der Waals surface area (Å²) in [5.41, 5.74) is 0.797. The highest BCUT2D eigenvalue weighted by molar-refractivity contribution is 5.87. The number of rotatable bonds is 12. The Morgan fingerprint density at radius 2 is 1.08 bits per heavy atom. The number of ether oxygens (including phenoxy) is 2. The van der Waals surface area contributed by atoms with E-state index in [1.807, 2.05) is 28.2 Å². The van der Waals surface area contributed by atoms with Crippen LogP contribution in [0.2, 0.25) is 0 Å². The highest BCUT2D eigenvalue weighted by Gasteiger charge is 2.30. The first-order chi connectivity index (χ1) is 11.4. The fourth-order valence-corrected chi connectivity index (χ4v) is 2.15. The Labute approximate surface area is 151 Å². The van der Waals surface area contributed by atoms with Crippen LogP contribution in [0, 0.1) is 0 Å². The van der Waals surface area contributed by atoms with Gasteiger partial charge in [-0.15, -0.1) is 9.29 Å². The normalized spacial score (nSPS) is 11.8. The van der Waals surface area contributed by atoms with E-state index in [9.17, 15) is 9.59 Å². The summed E-state index contributed by atoms with van der Waals surface area (Å²) in [4.78, 5) is 28.8. The van der Waals surface area contributed by atoms with Gasteiger partial charge in [0.05, 0.1) is 13.2 Å². The van der Waals surface area contributed by atoms with E-state index in [1.165, 1.54) is 0 Å². The lowest BCUT2D eigenvalue weighted by atomic mass is 10.3. The van der Waals surface area contributed by atoms with Crippen molar-refractivity contribution in [2.45, 2.75) is 26.7 Å². The number of carbonyl (C=O) groups is 2. The van der Waals surface area contributed by atoms with Gasteiger partial charge in [0.1, 0.15) is 41.3 Å². The molecule has 0 aromatic carbocycles. The van der Waals surface area contributed by atoms with Gasteiger partial charge >= 0.3 is 11.9 Å². The Morgan fingerprint density at radius 3 is 1.36 bits per heavy atom. The highest BCUT2D eigenvalue weighted by atomic mass is 16.9. The van der Waals surface area contributed by atoms with Crippen LogP contribution < -0.4 is 0 Å². The third-order valence-electron chi connectivity index (χ3n) is 3.29.